The van der Waals surface area contributed by atoms with Crippen LogP contribution in [0.2, 0.25) is 0 Å². The van der Waals surface area contributed by atoms with E-state index in [1.165, 1.54) is 71.0 Å². The van der Waals surface area contributed by atoms with Crippen molar-refractivity contribution in [3.8, 4) is 11.8 Å². The molecule has 0 fully saturated rings. The van der Waals surface area contributed by atoms with E-state index in [1.54, 1.807) is 6.08 Å². The average molecular weight is 443 g/mol. The number of methoxy groups -OCH3 is 1. The van der Waals surface area contributed by atoms with Gasteiger partial charge in [0.15, 0.2) is 11.8 Å². The van der Waals surface area contributed by atoms with E-state index in [0.29, 0.717) is 12.0 Å². The van der Waals surface area contributed by atoms with Gasteiger partial charge in [-0.2, -0.15) is 0 Å². The minimum Gasteiger partial charge on any atom is -0.497 e. The lowest BCUT2D eigenvalue weighted by atomic mass is 9.86. The van der Waals surface area contributed by atoms with Crippen molar-refractivity contribution in [1.82, 2.24) is 0 Å². The maximum Gasteiger partial charge on any atom is 0.195 e. The Hall–Kier alpha value is -2.08. The van der Waals surface area contributed by atoms with Gasteiger partial charge >= 0.3 is 0 Å². The lowest BCUT2D eigenvalue weighted by Gasteiger charge is -2.30. The predicted octanol–water partition coefficient (Wildman–Crippen LogP) is 8.65. The van der Waals surface area contributed by atoms with Crippen molar-refractivity contribution in [3.63, 3.8) is 0 Å². The summed E-state index contributed by atoms with van der Waals surface area (Å²) < 4.78 is 35.6. The minimum atomic E-state index is -2.01. The van der Waals surface area contributed by atoms with Crippen LogP contribution in [0.25, 0.3) is 0 Å². The largest absolute Gasteiger partial charge is 0.497 e. The highest BCUT2D eigenvalue weighted by atomic mass is 19.2. The highest BCUT2D eigenvalue weighted by Gasteiger charge is 2.43. The minimum absolute atomic E-state index is 0.00244. The van der Waals surface area contributed by atoms with Gasteiger partial charge in [-0.1, -0.05) is 108 Å². The molecule has 0 spiro atoms. The molecule has 0 aliphatic heterocycles. The van der Waals surface area contributed by atoms with Crippen molar-refractivity contribution in [2.45, 2.75) is 102 Å². The monoisotopic (exact) mass is 442 g/mol. The first-order chi connectivity index (χ1) is 15.6. The zero-order chi connectivity index (χ0) is 23.1. The molecule has 0 heterocycles. The second-order valence-electron chi connectivity index (χ2n) is 8.86. The van der Waals surface area contributed by atoms with Crippen molar-refractivity contribution in [2.24, 2.45) is 0 Å². The van der Waals surface area contributed by atoms with Gasteiger partial charge in [0.05, 0.1) is 12.7 Å². The molecule has 0 aromatic heterocycles. The van der Waals surface area contributed by atoms with Crippen molar-refractivity contribution in [2.75, 3.05) is 7.11 Å². The van der Waals surface area contributed by atoms with E-state index < -0.39 is 11.8 Å². The van der Waals surface area contributed by atoms with E-state index in [0.717, 1.165) is 18.4 Å². The molecule has 2 atom stereocenters. The van der Waals surface area contributed by atoms with Gasteiger partial charge < -0.3 is 4.74 Å². The second-order valence-corrected chi connectivity index (χ2v) is 8.86. The third kappa shape index (κ3) is 8.81. The van der Waals surface area contributed by atoms with Crippen molar-refractivity contribution < 1.29 is 13.5 Å². The molecule has 1 aromatic rings. The van der Waals surface area contributed by atoms with Crippen LogP contribution in [-0.2, 0) is 4.74 Å². The van der Waals surface area contributed by atoms with Crippen LogP contribution in [0.4, 0.5) is 8.78 Å². The number of allylic oxidation sites excluding steroid dienone is 4. The summed E-state index contributed by atoms with van der Waals surface area (Å²) in [7, 11) is 1.38. The number of unbranched alkanes of at least 4 members (excludes halogenated alkanes) is 11. The number of alkyl halides is 2. The van der Waals surface area contributed by atoms with Crippen LogP contribution >= 0.6 is 0 Å². The van der Waals surface area contributed by atoms with Gasteiger partial charge in [-0.05, 0) is 37.1 Å². The first kappa shape index (κ1) is 26.2. The summed E-state index contributed by atoms with van der Waals surface area (Å²) in [6, 6.07) is 9.46. The zero-order valence-electron chi connectivity index (χ0n) is 20.0. The van der Waals surface area contributed by atoms with Crippen molar-refractivity contribution in [3.05, 3.63) is 59.4 Å². The number of hydrogen-bond acceptors (Lipinski definition) is 1. The molecule has 0 saturated heterocycles. The fourth-order valence-electron chi connectivity index (χ4n) is 4.17. The Bertz CT molecular complexity index is 771. The Balaban J connectivity index is 1.71. The summed E-state index contributed by atoms with van der Waals surface area (Å²) in [4.78, 5) is 0. The first-order valence-electron chi connectivity index (χ1n) is 12.5. The fraction of sp³-hybridized carbons (Fsp3) is 0.586. The van der Waals surface area contributed by atoms with Gasteiger partial charge in [-0.25, -0.2) is 8.78 Å². The topological polar surface area (TPSA) is 9.23 Å². The molecule has 1 aliphatic rings. The number of ether oxygens (including phenoxy) is 1. The quantitative estimate of drug-likeness (QED) is 0.207. The van der Waals surface area contributed by atoms with Crippen LogP contribution in [0, 0.1) is 11.8 Å². The summed E-state index contributed by atoms with van der Waals surface area (Å²) in [5.74, 6) is 5.92. The van der Waals surface area contributed by atoms with Crippen LogP contribution in [0.1, 0.15) is 96.0 Å². The third-order valence-corrected chi connectivity index (χ3v) is 6.19. The lowest BCUT2D eigenvalue weighted by Crippen LogP contribution is -2.37. The zero-order valence-corrected chi connectivity index (χ0v) is 20.0. The van der Waals surface area contributed by atoms with Crippen LogP contribution in [0.15, 0.2) is 53.8 Å². The molecular formula is C29H40F2O. The maximum atomic E-state index is 15.3. The summed E-state index contributed by atoms with van der Waals surface area (Å²) in [5, 5.41) is 0. The standard InChI is InChI=1S/C29H40F2O/c1-3-4-5-6-7-8-9-10-11-12-13-17-23-29(31)24-22-26(27(32-2)28(29)30)21-20-25-18-15-14-16-19-25/h14-16,18-19,22,24,28H,3-13,17,23H2,1-2H3. The number of benzene rings is 1. The van der Waals surface area contributed by atoms with Gasteiger partial charge in [0.25, 0.3) is 0 Å². The molecule has 1 aliphatic carbocycles. The molecule has 176 valence electrons. The van der Waals surface area contributed by atoms with Gasteiger partial charge in [-0.15, -0.1) is 0 Å². The Morgan fingerprint density at radius 1 is 0.844 bits per heavy atom. The first-order valence-corrected chi connectivity index (χ1v) is 12.5. The molecule has 32 heavy (non-hydrogen) atoms. The molecule has 1 nitrogen and oxygen atoms in total. The normalized spacial score (nSPS) is 20.2. The summed E-state index contributed by atoms with van der Waals surface area (Å²) in [6.07, 6.45) is 15.8. The molecule has 3 heteroatoms. The molecule has 0 bridgehead atoms. The highest BCUT2D eigenvalue weighted by Crippen LogP contribution is 2.37. The smallest absolute Gasteiger partial charge is 0.195 e. The van der Waals surface area contributed by atoms with Crippen LogP contribution in [0.3, 0.4) is 0 Å². The SMILES string of the molecule is CCCCCCCCCCCCCCC1(F)C=CC(C#Cc2ccccc2)=C(OC)C1F. The molecule has 1 aromatic carbocycles. The van der Waals surface area contributed by atoms with Gasteiger partial charge in [0.1, 0.15) is 5.76 Å². The molecule has 0 amide bonds. The Kier molecular flexibility index (Phi) is 12.2. The van der Waals surface area contributed by atoms with E-state index in [2.05, 4.69) is 18.8 Å². The van der Waals surface area contributed by atoms with Crippen molar-refractivity contribution in [1.29, 1.82) is 0 Å². The van der Waals surface area contributed by atoms with Gasteiger partial charge in [-0.3, -0.25) is 0 Å². The molecule has 0 radical (unpaired) electrons. The molecule has 2 rings (SSSR count). The number of hydrogen-bond donors (Lipinski definition) is 0. The Morgan fingerprint density at radius 3 is 1.97 bits per heavy atom. The predicted molar refractivity (Wildman–Crippen MR) is 131 cm³/mol. The summed E-state index contributed by atoms with van der Waals surface area (Å²) >= 11 is 0. The number of halogens is 2. The van der Waals surface area contributed by atoms with E-state index in [1.807, 2.05) is 30.3 Å². The van der Waals surface area contributed by atoms with Gasteiger partial charge in [0, 0.05) is 5.56 Å². The molecule has 0 N–H and O–H groups in total. The average Bonchev–Trinajstić information content (AvgIpc) is 2.81. The number of rotatable bonds is 14. The van der Waals surface area contributed by atoms with Gasteiger partial charge in [0.2, 0.25) is 0 Å². The van der Waals surface area contributed by atoms with E-state index in [9.17, 15) is 0 Å². The summed E-state index contributed by atoms with van der Waals surface area (Å²) in [5.41, 5.74) is -0.776. The van der Waals surface area contributed by atoms with E-state index in [-0.39, 0.29) is 12.2 Å². The second kappa shape index (κ2) is 14.9. The summed E-state index contributed by atoms with van der Waals surface area (Å²) in [6.45, 7) is 2.25. The van der Waals surface area contributed by atoms with Crippen LogP contribution in [0.5, 0.6) is 0 Å². The molecule has 0 saturated carbocycles. The molecular weight excluding hydrogens is 402 g/mol. The van der Waals surface area contributed by atoms with E-state index in [4.69, 9.17) is 4.74 Å². The van der Waals surface area contributed by atoms with Crippen LogP contribution in [-0.4, -0.2) is 19.0 Å². The maximum absolute atomic E-state index is 15.3. The van der Waals surface area contributed by atoms with E-state index >= 15 is 8.78 Å². The molecule has 2 unspecified atom stereocenters. The lowest BCUT2D eigenvalue weighted by molar-refractivity contribution is 0.0620. The third-order valence-electron chi connectivity index (χ3n) is 6.19. The fourth-order valence-corrected chi connectivity index (χ4v) is 4.17. The Morgan fingerprint density at radius 2 is 1.41 bits per heavy atom. The Labute approximate surface area is 194 Å². The van der Waals surface area contributed by atoms with Crippen molar-refractivity contribution >= 4 is 0 Å². The van der Waals surface area contributed by atoms with Crippen LogP contribution < -0.4 is 0 Å². The highest BCUT2D eigenvalue weighted by molar-refractivity contribution is 5.50.